The van der Waals surface area contributed by atoms with Crippen molar-refractivity contribution in [3.63, 3.8) is 0 Å². The molecular weight excluding hydrogens is 435 g/mol. The van der Waals surface area contributed by atoms with E-state index >= 15 is 0 Å². The van der Waals surface area contributed by atoms with E-state index in [1.54, 1.807) is 12.1 Å². The first-order valence-corrected chi connectivity index (χ1v) is 9.58. The monoisotopic (exact) mass is 452 g/mol. The molecule has 0 aliphatic carbocycles. The van der Waals surface area contributed by atoms with Gasteiger partial charge in [-0.2, -0.15) is 5.10 Å². The first-order valence-electron chi connectivity index (χ1n) is 8.82. The first-order chi connectivity index (χ1) is 13.7. The minimum atomic E-state index is -2.99. The highest BCUT2D eigenvalue weighted by Gasteiger charge is 2.26. The van der Waals surface area contributed by atoms with Crippen LogP contribution >= 0.6 is 23.2 Å². The highest BCUT2D eigenvalue weighted by molar-refractivity contribution is 6.42. The predicted octanol–water partition coefficient (Wildman–Crippen LogP) is 4.41. The number of benzene rings is 1. The maximum absolute atomic E-state index is 13.1. The summed E-state index contributed by atoms with van der Waals surface area (Å²) in [5.74, 6) is -0.440. The molecule has 0 N–H and O–H groups in total. The molecule has 5 nitrogen and oxygen atoms in total. The number of aromatic nitrogens is 2. The van der Waals surface area contributed by atoms with E-state index in [1.807, 2.05) is 6.07 Å². The predicted molar refractivity (Wildman–Crippen MR) is 100 cm³/mol. The molecule has 11 heteroatoms. The average Bonchev–Trinajstić information content (AvgIpc) is 3.10. The Morgan fingerprint density at radius 1 is 1.00 bits per heavy atom. The van der Waals surface area contributed by atoms with Gasteiger partial charge in [0, 0.05) is 32.7 Å². The molecule has 0 spiro atoms. The zero-order chi connectivity index (χ0) is 21.1. The Hall–Kier alpha value is -1.84. The summed E-state index contributed by atoms with van der Waals surface area (Å²) in [4.78, 5) is 16.1. The number of halogens is 6. The van der Waals surface area contributed by atoms with Crippen molar-refractivity contribution in [1.29, 1.82) is 0 Å². The Labute approximate surface area is 174 Å². The molecule has 1 aliphatic rings. The third-order valence-electron chi connectivity index (χ3n) is 4.68. The van der Waals surface area contributed by atoms with Gasteiger partial charge in [0.1, 0.15) is 17.9 Å². The quantitative estimate of drug-likeness (QED) is 0.609. The van der Waals surface area contributed by atoms with Gasteiger partial charge in [-0.15, -0.1) is 0 Å². The second kappa shape index (κ2) is 9.32. The van der Waals surface area contributed by atoms with Gasteiger partial charge in [-0.1, -0.05) is 29.3 Å². The Balaban J connectivity index is 1.57. The van der Waals surface area contributed by atoms with Crippen LogP contribution in [0.1, 0.15) is 29.8 Å². The molecule has 2 heterocycles. The zero-order valence-corrected chi connectivity index (χ0v) is 16.7. The maximum Gasteiger partial charge on any atom is 0.282 e. The van der Waals surface area contributed by atoms with Gasteiger partial charge in [0.2, 0.25) is 5.91 Å². The summed E-state index contributed by atoms with van der Waals surface area (Å²) in [5, 5.41) is 4.40. The van der Waals surface area contributed by atoms with Gasteiger partial charge in [-0.3, -0.25) is 14.4 Å². The third-order valence-corrected chi connectivity index (χ3v) is 5.42. The largest absolute Gasteiger partial charge is 0.339 e. The number of nitrogens with zero attached hydrogens (tertiary/aromatic N) is 4. The molecule has 158 valence electrons. The number of hydrogen-bond acceptors (Lipinski definition) is 3. The Bertz CT molecular complexity index is 870. The summed E-state index contributed by atoms with van der Waals surface area (Å²) in [6.45, 7) is 2.08. The Kier molecular flexibility index (Phi) is 7.02. The molecule has 1 aromatic heterocycles. The van der Waals surface area contributed by atoms with Gasteiger partial charge < -0.3 is 4.90 Å². The number of carbonyl (C=O) groups excluding carboxylic acids is 1. The van der Waals surface area contributed by atoms with Gasteiger partial charge >= 0.3 is 0 Å². The summed E-state index contributed by atoms with van der Waals surface area (Å²) in [6.07, 6.45) is -5.97. The maximum atomic E-state index is 13.1. The van der Waals surface area contributed by atoms with Crippen LogP contribution in [0.25, 0.3) is 0 Å². The molecule has 1 saturated heterocycles. The molecule has 0 atom stereocenters. The van der Waals surface area contributed by atoms with Crippen LogP contribution in [0.15, 0.2) is 24.3 Å². The van der Waals surface area contributed by atoms with Gasteiger partial charge in [0.25, 0.3) is 12.9 Å². The lowest BCUT2D eigenvalue weighted by molar-refractivity contribution is -0.134. The van der Waals surface area contributed by atoms with Gasteiger partial charge in [-0.05, 0) is 23.8 Å². The van der Waals surface area contributed by atoms with Crippen LogP contribution in [0.3, 0.4) is 0 Å². The molecular formula is C18H18Cl2F4N4O. The summed E-state index contributed by atoms with van der Waals surface area (Å²) < 4.78 is 52.3. The lowest BCUT2D eigenvalue weighted by Crippen LogP contribution is -2.49. The fourth-order valence-electron chi connectivity index (χ4n) is 3.14. The molecule has 3 rings (SSSR count). The van der Waals surface area contributed by atoms with Crippen molar-refractivity contribution < 1.29 is 22.4 Å². The molecule has 0 bridgehead atoms. The molecule has 29 heavy (non-hydrogen) atoms. The van der Waals surface area contributed by atoms with E-state index in [4.69, 9.17) is 23.2 Å². The SMILES string of the molecule is O=C(Cn1nc(C(F)F)cc1C(F)F)N1CCN(Cc2ccc(Cl)c(Cl)c2)CC1. The van der Waals surface area contributed by atoms with Crippen LogP contribution < -0.4 is 0 Å². The average molecular weight is 453 g/mol. The normalized spacial score (nSPS) is 15.5. The minimum absolute atomic E-state index is 0.396. The molecule has 1 aliphatic heterocycles. The van der Waals surface area contributed by atoms with E-state index in [-0.39, 0.29) is 0 Å². The van der Waals surface area contributed by atoms with Crippen LogP contribution in [0.4, 0.5) is 17.6 Å². The van der Waals surface area contributed by atoms with Crippen LogP contribution in [0.5, 0.6) is 0 Å². The topological polar surface area (TPSA) is 41.4 Å². The minimum Gasteiger partial charge on any atom is -0.339 e. The Morgan fingerprint density at radius 2 is 1.69 bits per heavy atom. The van der Waals surface area contributed by atoms with Gasteiger partial charge in [0.15, 0.2) is 0 Å². The lowest BCUT2D eigenvalue weighted by Gasteiger charge is -2.34. The van der Waals surface area contributed by atoms with E-state index < -0.39 is 36.7 Å². The molecule has 1 fully saturated rings. The lowest BCUT2D eigenvalue weighted by atomic mass is 10.2. The van der Waals surface area contributed by atoms with E-state index in [1.165, 1.54) is 4.90 Å². The van der Waals surface area contributed by atoms with Crippen molar-refractivity contribution in [1.82, 2.24) is 19.6 Å². The Morgan fingerprint density at radius 3 is 2.28 bits per heavy atom. The van der Waals surface area contributed by atoms with E-state index in [2.05, 4.69) is 10.00 Å². The molecule has 1 amide bonds. The van der Waals surface area contributed by atoms with Crippen molar-refractivity contribution in [3.8, 4) is 0 Å². The van der Waals surface area contributed by atoms with Crippen LogP contribution in [-0.4, -0.2) is 51.7 Å². The molecule has 0 unspecified atom stereocenters. The van der Waals surface area contributed by atoms with Crippen LogP contribution in [-0.2, 0) is 17.9 Å². The second-order valence-electron chi connectivity index (χ2n) is 6.66. The third kappa shape index (κ3) is 5.40. The number of rotatable bonds is 6. The standard InChI is InChI=1S/C18H18Cl2F4N4O/c19-12-2-1-11(7-13(12)20)9-26-3-5-27(6-4-26)16(29)10-28-15(18(23)24)8-14(25-28)17(21)22/h1-2,7-8,17-18H,3-6,9-10H2. The van der Waals surface area contributed by atoms with Crippen LogP contribution in [0.2, 0.25) is 10.0 Å². The fraction of sp³-hybridized carbons (Fsp3) is 0.444. The van der Waals surface area contributed by atoms with E-state index in [0.29, 0.717) is 53.5 Å². The molecule has 2 aromatic rings. The van der Waals surface area contributed by atoms with Crippen molar-refractivity contribution in [2.24, 2.45) is 0 Å². The van der Waals surface area contributed by atoms with Crippen LogP contribution in [0, 0.1) is 0 Å². The van der Waals surface area contributed by atoms with E-state index in [9.17, 15) is 22.4 Å². The number of carbonyl (C=O) groups is 1. The molecule has 1 aromatic carbocycles. The van der Waals surface area contributed by atoms with Crippen molar-refractivity contribution in [2.45, 2.75) is 25.9 Å². The fourth-order valence-corrected chi connectivity index (χ4v) is 3.46. The van der Waals surface area contributed by atoms with Crippen molar-refractivity contribution in [3.05, 3.63) is 51.3 Å². The van der Waals surface area contributed by atoms with Gasteiger partial charge in [0.05, 0.1) is 10.0 Å². The summed E-state index contributed by atoms with van der Waals surface area (Å²) >= 11 is 11.9. The number of amides is 1. The van der Waals surface area contributed by atoms with Crippen molar-refractivity contribution in [2.75, 3.05) is 26.2 Å². The smallest absolute Gasteiger partial charge is 0.282 e. The highest BCUT2D eigenvalue weighted by Crippen LogP contribution is 2.26. The molecule has 0 radical (unpaired) electrons. The van der Waals surface area contributed by atoms with Crippen molar-refractivity contribution >= 4 is 29.1 Å². The highest BCUT2D eigenvalue weighted by atomic mass is 35.5. The molecule has 0 saturated carbocycles. The number of alkyl halides is 4. The number of hydrogen-bond donors (Lipinski definition) is 0. The zero-order valence-electron chi connectivity index (χ0n) is 15.2. The second-order valence-corrected chi connectivity index (χ2v) is 7.47. The summed E-state index contributed by atoms with van der Waals surface area (Å²) in [5.41, 5.74) is -0.469. The van der Waals surface area contributed by atoms with Gasteiger partial charge in [-0.25, -0.2) is 17.6 Å². The first kappa shape index (κ1) is 21.9. The van der Waals surface area contributed by atoms with E-state index in [0.717, 1.165) is 5.56 Å². The summed E-state index contributed by atoms with van der Waals surface area (Å²) in [7, 11) is 0. The summed E-state index contributed by atoms with van der Waals surface area (Å²) in [6, 6.07) is 6.01. The number of piperazine rings is 1.